The van der Waals surface area contributed by atoms with Gasteiger partial charge in [0.05, 0.1) is 17.0 Å². The second-order valence-corrected chi connectivity index (χ2v) is 9.62. The van der Waals surface area contributed by atoms with Crippen LogP contribution in [0.2, 0.25) is 0 Å². The maximum atomic E-state index is 12.6. The van der Waals surface area contributed by atoms with Gasteiger partial charge in [-0.25, -0.2) is 13.4 Å². The molecule has 1 aliphatic rings. The minimum Gasteiger partial charge on any atom is -0.335 e. The Morgan fingerprint density at radius 2 is 1.73 bits per heavy atom. The van der Waals surface area contributed by atoms with Crippen LogP contribution in [0, 0.1) is 6.92 Å². The van der Waals surface area contributed by atoms with Crippen molar-refractivity contribution in [2.24, 2.45) is 0 Å². The van der Waals surface area contributed by atoms with Crippen molar-refractivity contribution in [3.8, 4) is 0 Å². The van der Waals surface area contributed by atoms with Crippen molar-refractivity contribution in [1.82, 2.24) is 14.2 Å². The number of amides is 1. The first-order valence-electron chi connectivity index (χ1n) is 7.22. The van der Waals surface area contributed by atoms with Crippen LogP contribution in [0.3, 0.4) is 0 Å². The molecule has 8 heteroatoms. The summed E-state index contributed by atoms with van der Waals surface area (Å²) in [6.07, 6.45) is 1.20. The third kappa shape index (κ3) is 3.67. The molecule has 1 aliphatic heterocycles. The van der Waals surface area contributed by atoms with E-state index in [1.54, 1.807) is 4.90 Å². The predicted molar refractivity (Wildman–Crippen MR) is 87.9 cm³/mol. The topological polar surface area (TPSA) is 70.6 Å². The van der Waals surface area contributed by atoms with Crippen LogP contribution in [0.25, 0.3) is 0 Å². The van der Waals surface area contributed by atoms with Crippen molar-refractivity contribution in [2.45, 2.75) is 33.1 Å². The number of rotatable bonds is 2. The van der Waals surface area contributed by atoms with Crippen molar-refractivity contribution in [3.63, 3.8) is 0 Å². The Morgan fingerprint density at radius 1 is 1.18 bits per heavy atom. The number of sulfonamides is 1. The van der Waals surface area contributed by atoms with Gasteiger partial charge in [0.2, 0.25) is 10.0 Å². The van der Waals surface area contributed by atoms with Crippen molar-refractivity contribution in [1.29, 1.82) is 0 Å². The van der Waals surface area contributed by atoms with Crippen molar-refractivity contribution >= 4 is 27.3 Å². The first-order valence-corrected chi connectivity index (χ1v) is 9.89. The standard InChI is InChI=1S/C14H23N3O3S2/c1-10-11(21-13(15-10)14(2,3)4)12(18)16-6-8-17(9-7-16)22(5,19)20/h6-9H2,1-5H3. The summed E-state index contributed by atoms with van der Waals surface area (Å²) in [6.45, 7) is 9.64. The van der Waals surface area contributed by atoms with Crippen LogP contribution in [0.4, 0.5) is 0 Å². The Labute approximate surface area is 136 Å². The smallest absolute Gasteiger partial charge is 0.265 e. The molecule has 22 heavy (non-hydrogen) atoms. The lowest BCUT2D eigenvalue weighted by Gasteiger charge is -2.33. The van der Waals surface area contributed by atoms with Gasteiger partial charge in [-0.3, -0.25) is 4.79 Å². The highest BCUT2D eigenvalue weighted by atomic mass is 32.2. The van der Waals surface area contributed by atoms with Gasteiger partial charge < -0.3 is 4.90 Å². The number of aryl methyl sites for hydroxylation is 1. The Kier molecular flexibility index (Phi) is 4.66. The highest BCUT2D eigenvalue weighted by Gasteiger charge is 2.30. The Hall–Kier alpha value is -0.990. The molecule has 1 aromatic heterocycles. The number of hydrogen-bond acceptors (Lipinski definition) is 5. The lowest BCUT2D eigenvalue weighted by molar-refractivity contribution is 0.0702. The van der Waals surface area contributed by atoms with E-state index in [4.69, 9.17) is 0 Å². The van der Waals surface area contributed by atoms with Crippen molar-refractivity contribution in [2.75, 3.05) is 32.4 Å². The van der Waals surface area contributed by atoms with E-state index in [1.165, 1.54) is 21.9 Å². The summed E-state index contributed by atoms with van der Waals surface area (Å²) in [5.41, 5.74) is 0.675. The van der Waals surface area contributed by atoms with Gasteiger partial charge in [0.1, 0.15) is 4.88 Å². The summed E-state index contributed by atoms with van der Waals surface area (Å²) in [5, 5.41) is 0.947. The first kappa shape index (κ1) is 17.4. The SMILES string of the molecule is Cc1nc(C(C)(C)C)sc1C(=O)N1CCN(S(C)(=O)=O)CC1. The number of hydrogen-bond donors (Lipinski definition) is 0. The third-order valence-corrected chi connectivity index (χ3v) is 6.50. The van der Waals surface area contributed by atoms with E-state index in [1.807, 2.05) is 6.92 Å². The van der Waals surface area contributed by atoms with Crippen molar-refractivity contribution in [3.05, 3.63) is 15.6 Å². The summed E-state index contributed by atoms with van der Waals surface area (Å²) in [4.78, 5) is 19.5. The number of carbonyl (C=O) groups is 1. The molecule has 0 N–H and O–H groups in total. The lowest BCUT2D eigenvalue weighted by atomic mass is 9.98. The van der Waals surface area contributed by atoms with Gasteiger partial charge in [-0.2, -0.15) is 4.31 Å². The van der Waals surface area contributed by atoms with E-state index < -0.39 is 10.0 Å². The van der Waals surface area contributed by atoms with Gasteiger partial charge in [0.25, 0.3) is 5.91 Å². The summed E-state index contributed by atoms with van der Waals surface area (Å²) >= 11 is 1.44. The Balaban J connectivity index is 2.12. The molecule has 0 atom stereocenters. The number of carbonyl (C=O) groups excluding carboxylic acids is 1. The number of thiazole rings is 1. The second kappa shape index (κ2) is 5.90. The van der Waals surface area contributed by atoms with Crippen LogP contribution in [-0.4, -0.2) is 60.9 Å². The van der Waals surface area contributed by atoms with Crippen LogP contribution in [0.1, 0.15) is 41.1 Å². The highest BCUT2D eigenvalue weighted by molar-refractivity contribution is 7.88. The molecule has 6 nitrogen and oxygen atoms in total. The monoisotopic (exact) mass is 345 g/mol. The molecule has 2 heterocycles. The fourth-order valence-corrected chi connectivity index (χ4v) is 4.20. The normalized spacial score (nSPS) is 17.8. The molecule has 0 spiro atoms. The maximum Gasteiger partial charge on any atom is 0.265 e. The second-order valence-electron chi connectivity index (χ2n) is 6.64. The van der Waals surface area contributed by atoms with Crippen LogP contribution in [0.5, 0.6) is 0 Å². The highest BCUT2D eigenvalue weighted by Crippen LogP contribution is 2.30. The molecule has 1 amide bonds. The van der Waals surface area contributed by atoms with Gasteiger partial charge in [0, 0.05) is 31.6 Å². The van der Waals surface area contributed by atoms with Crippen LogP contribution >= 0.6 is 11.3 Å². The molecular formula is C14H23N3O3S2. The van der Waals surface area contributed by atoms with E-state index in [0.29, 0.717) is 31.1 Å². The average molecular weight is 345 g/mol. The number of piperazine rings is 1. The molecule has 124 valence electrons. The van der Waals surface area contributed by atoms with Gasteiger partial charge in [-0.05, 0) is 6.92 Å². The summed E-state index contributed by atoms with van der Waals surface area (Å²) < 4.78 is 24.4. The van der Waals surface area contributed by atoms with E-state index in [2.05, 4.69) is 25.8 Å². The Morgan fingerprint density at radius 3 is 2.14 bits per heavy atom. The molecule has 1 aromatic rings. The third-order valence-electron chi connectivity index (χ3n) is 3.63. The lowest BCUT2D eigenvalue weighted by Crippen LogP contribution is -2.50. The van der Waals surface area contributed by atoms with E-state index in [0.717, 1.165) is 10.7 Å². The Bertz CT molecular complexity index is 666. The molecule has 0 aromatic carbocycles. The van der Waals surface area contributed by atoms with Crippen molar-refractivity contribution < 1.29 is 13.2 Å². The number of aromatic nitrogens is 1. The zero-order valence-electron chi connectivity index (χ0n) is 13.7. The van der Waals surface area contributed by atoms with E-state index >= 15 is 0 Å². The van der Waals surface area contributed by atoms with Crippen LogP contribution < -0.4 is 0 Å². The molecule has 2 rings (SSSR count). The van der Waals surface area contributed by atoms with Crippen LogP contribution in [-0.2, 0) is 15.4 Å². The molecule has 1 fully saturated rings. The molecule has 0 saturated carbocycles. The minimum absolute atomic E-state index is 0.0429. The molecule has 0 unspecified atom stereocenters. The fourth-order valence-electron chi connectivity index (χ4n) is 2.28. The molecule has 0 radical (unpaired) electrons. The van der Waals surface area contributed by atoms with Gasteiger partial charge >= 0.3 is 0 Å². The van der Waals surface area contributed by atoms with E-state index in [9.17, 15) is 13.2 Å². The summed E-state index contributed by atoms with van der Waals surface area (Å²) in [5.74, 6) is -0.0429. The molecule has 0 bridgehead atoms. The first-order chi connectivity index (χ1) is 10.00. The van der Waals surface area contributed by atoms with Gasteiger partial charge in [-0.1, -0.05) is 20.8 Å². The van der Waals surface area contributed by atoms with Crippen LogP contribution in [0.15, 0.2) is 0 Å². The van der Waals surface area contributed by atoms with Gasteiger partial charge in [-0.15, -0.1) is 11.3 Å². The minimum atomic E-state index is -3.18. The zero-order chi connectivity index (χ0) is 16.7. The fraction of sp³-hybridized carbons (Fsp3) is 0.714. The van der Waals surface area contributed by atoms with E-state index in [-0.39, 0.29) is 11.3 Å². The summed E-state index contributed by atoms with van der Waals surface area (Å²) in [6, 6.07) is 0. The van der Waals surface area contributed by atoms with Gasteiger partial charge in [0.15, 0.2) is 0 Å². The zero-order valence-corrected chi connectivity index (χ0v) is 15.3. The molecule has 0 aliphatic carbocycles. The molecular weight excluding hydrogens is 322 g/mol. The molecule has 1 saturated heterocycles. The number of nitrogens with zero attached hydrogens (tertiary/aromatic N) is 3. The summed E-state index contributed by atoms with van der Waals surface area (Å²) in [7, 11) is -3.18. The predicted octanol–water partition coefficient (Wildman–Crippen LogP) is 1.47. The maximum absolute atomic E-state index is 12.6. The quantitative estimate of drug-likeness (QED) is 0.814. The average Bonchev–Trinajstić information content (AvgIpc) is 2.79. The largest absolute Gasteiger partial charge is 0.335 e.